The average Bonchev–Trinajstić information content (AvgIpc) is 3.45. The Balaban J connectivity index is 1.72. The van der Waals surface area contributed by atoms with Gasteiger partial charge in [-0.2, -0.15) is 0 Å². The maximum Gasteiger partial charge on any atom is 0.244 e. The van der Waals surface area contributed by atoms with Gasteiger partial charge in [-0.25, -0.2) is 12.8 Å². The van der Waals surface area contributed by atoms with Crippen molar-refractivity contribution >= 4 is 27.5 Å². The van der Waals surface area contributed by atoms with Gasteiger partial charge in [-0.15, -0.1) is 0 Å². The number of rotatable bonds is 11. The number of benzene rings is 3. The van der Waals surface area contributed by atoms with Gasteiger partial charge >= 0.3 is 0 Å². The van der Waals surface area contributed by atoms with Crippen molar-refractivity contribution in [3.05, 3.63) is 101 Å². The minimum atomic E-state index is -3.84. The maximum absolute atomic E-state index is 14.1. The van der Waals surface area contributed by atoms with Crippen LogP contribution in [0, 0.1) is 19.7 Å². The van der Waals surface area contributed by atoms with E-state index in [1.54, 1.807) is 24.3 Å². The molecule has 7 nitrogen and oxygen atoms in total. The Morgan fingerprint density at radius 1 is 0.927 bits per heavy atom. The molecule has 0 spiro atoms. The Kier molecular flexibility index (Phi) is 9.81. The van der Waals surface area contributed by atoms with E-state index in [0.29, 0.717) is 11.3 Å². The van der Waals surface area contributed by atoms with E-state index < -0.39 is 34.3 Å². The Bertz CT molecular complexity index is 1460. The van der Waals surface area contributed by atoms with Gasteiger partial charge in [-0.3, -0.25) is 13.9 Å². The van der Waals surface area contributed by atoms with Crippen molar-refractivity contribution in [3.63, 3.8) is 0 Å². The molecule has 9 heteroatoms. The number of nitrogens with zero attached hydrogens (tertiary/aromatic N) is 2. The summed E-state index contributed by atoms with van der Waals surface area (Å²) in [4.78, 5) is 29.4. The van der Waals surface area contributed by atoms with Crippen LogP contribution in [0.3, 0.4) is 0 Å². The Morgan fingerprint density at radius 2 is 1.59 bits per heavy atom. The van der Waals surface area contributed by atoms with Gasteiger partial charge in [0.1, 0.15) is 18.4 Å². The molecule has 1 fully saturated rings. The van der Waals surface area contributed by atoms with Crippen LogP contribution in [-0.2, 0) is 32.6 Å². The molecule has 41 heavy (non-hydrogen) atoms. The molecule has 0 aromatic heterocycles. The standard InChI is InChI=1S/C32H38FN3O4S/c1-23-13-18-29(19-24(23)2)36(41(3,39)40)22-31(37)35(21-26-14-16-27(33)17-15-26)30(20-25-9-5-4-6-10-25)32(38)34-28-11-7-8-12-28/h4-6,9-10,13-19,28,30H,7-8,11-12,20-22H2,1-3H3,(H,34,38). The average molecular weight is 580 g/mol. The lowest BCUT2D eigenvalue weighted by molar-refractivity contribution is -0.140. The number of aryl methyl sites for hydroxylation is 2. The molecule has 0 saturated heterocycles. The lowest BCUT2D eigenvalue weighted by Crippen LogP contribution is -2.54. The van der Waals surface area contributed by atoms with E-state index in [-0.39, 0.29) is 24.9 Å². The van der Waals surface area contributed by atoms with Crippen molar-refractivity contribution < 1.29 is 22.4 Å². The first-order valence-electron chi connectivity index (χ1n) is 13.9. The fourth-order valence-electron chi connectivity index (χ4n) is 5.20. The second kappa shape index (κ2) is 13.3. The highest BCUT2D eigenvalue weighted by molar-refractivity contribution is 7.92. The van der Waals surface area contributed by atoms with Gasteiger partial charge in [-0.05, 0) is 73.2 Å². The molecular formula is C32H38FN3O4S. The summed E-state index contributed by atoms with van der Waals surface area (Å²) in [6, 6.07) is 19.5. The summed E-state index contributed by atoms with van der Waals surface area (Å²) in [5.41, 5.74) is 3.76. The van der Waals surface area contributed by atoms with Crippen molar-refractivity contribution in [2.24, 2.45) is 0 Å². The van der Waals surface area contributed by atoms with Gasteiger partial charge in [-0.1, -0.05) is 61.4 Å². The van der Waals surface area contributed by atoms with Gasteiger partial charge in [0, 0.05) is 19.0 Å². The number of anilines is 1. The first kappa shape index (κ1) is 30.2. The second-order valence-electron chi connectivity index (χ2n) is 10.9. The van der Waals surface area contributed by atoms with Crippen molar-refractivity contribution in [1.82, 2.24) is 10.2 Å². The van der Waals surface area contributed by atoms with E-state index in [9.17, 15) is 22.4 Å². The molecule has 4 rings (SSSR count). The third-order valence-corrected chi connectivity index (χ3v) is 8.84. The van der Waals surface area contributed by atoms with Crippen LogP contribution in [0.5, 0.6) is 0 Å². The topological polar surface area (TPSA) is 86.8 Å². The zero-order chi connectivity index (χ0) is 29.6. The SMILES string of the molecule is Cc1ccc(N(CC(=O)N(Cc2ccc(F)cc2)C(Cc2ccccc2)C(=O)NC2CCCC2)S(C)(=O)=O)cc1C. The van der Waals surface area contributed by atoms with Crippen molar-refractivity contribution in [1.29, 1.82) is 0 Å². The van der Waals surface area contributed by atoms with E-state index >= 15 is 0 Å². The number of sulfonamides is 1. The molecule has 3 aromatic rings. The van der Waals surface area contributed by atoms with Crippen LogP contribution in [0.25, 0.3) is 0 Å². The van der Waals surface area contributed by atoms with E-state index in [0.717, 1.165) is 52.9 Å². The van der Waals surface area contributed by atoms with Gasteiger partial charge in [0.2, 0.25) is 21.8 Å². The smallest absolute Gasteiger partial charge is 0.244 e. The van der Waals surface area contributed by atoms with Crippen molar-refractivity contribution in [2.45, 2.75) is 64.6 Å². The van der Waals surface area contributed by atoms with Gasteiger partial charge in [0.05, 0.1) is 11.9 Å². The molecular weight excluding hydrogens is 541 g/mol. The third kappa shape index (κ3) is 8.16. The number of hydrogen-bond donors (Lipinski definition) is 1. The highest BCUT2D eigenvalue weighted by Crippen LogP contribution is 2.24. The van der Waals surface area contributed by atoms with Crippen LogP contribution in [0.4, 0.5) is 10.1 Å². The summed E-state index contributed by atoms with van der Waals surface area (Å²) in [6.45, 7) is 3.34. The number of nitrogens with one attached hydrogen (secondary N) is 1. The first-order chi connectivity index (χ1) is 19.5. The summed E-state index contributed by atoms with van der Waals surface area (Å²) in [6.07, 6.45) is 5.13. The molecule has 1 N–H and O–H groups in total. The lowest BCUT2D eigenvalue weighted by atomic mass is 10.0. The van der Waals surface area contributed by atoms with Crippen LogP contribution >= 0.6 is 0 Å². The fraction of sp³-hybridized carbons (Fsp3) is 0.375. The molecule has 3 aromatic carbocycles. The predicted octanol–water partition coefficient (Wildman–Crippen LogP) is 4.91. The predicted molar refractivity (Wildman–Crippen MR) is 159 cm³/mol. The highest BCUT2D eigenvalue weighted by Gasteiger charge is 2.34. The number of hydrogen-bond acceptors (Lipinski definition) is 4. The molecule has 0 aliphatic heterocycles. The van der Waals surface area contributed by atoms with Crippen molar-refractivity contribution in [2.75, 3.05) is 17.1 Å². The molecule has 0 radical (unpaired) electrons. The Labute approximate surface area is 242 Å². The van der Waals surface area contributed by atoms with E-state index in [1.807, 2.05) is 50.2 Å². The van der Waals surface area contributed by atoms with Crippen molar-refractivity contribution in [3.8, 4) is 0 Å². The zero-order valence-electron chi connectivity index (χ0n) is 23.8. The van der Waals surface area contributed by atoms with Crippen LogP contribution in [0.1, 0.15) is 47.9 Å². The maximum atomic E-state index is 14.1. The Hall–Kier alpha value is -3.72. The highest BCUT2D eigenvalue weighted by atomic mass is 32.2. The Morgan fingerprint density at radius 3 is 2.20 bits per heavy atom. The van der Waals surface area contributed by atoms with Gasteiger partial charge in [0.15, 0.2) is 0 Å². The largest absolute Gasteiger partial charge is 0.352 e. The van der Waals surface area contributed by atoms with Crippen LogP contribution in [0.2, 0.25) is 0 Å². The van der Waals surface area contributed by atoms with Crippen LogP contribution in [0.15, 0.2) is 72.8 Å². The van der Waals surface area contributed by atoms with Gasteiger partial charge < -0.3 is 10.2 Å². The minimum Gasteiger partial charge on any atom is -0.352 e. The number of amides is 2. The molecule has 1 unspecified atom stereocenters. The molecule has 1 aliphatic carbocycles. The molecule has 2 amide bonds. The molecule has 218 valence electrons. The summed E-state index contributed by atoms with van der Waals surface area (Å²) in [7, 11) is -3.84. The molecule has 0 bridgehead atoms. The number of carbonyl (C=O) groups is 2. The number of carbonyl (C=O) groups excluding carboxylic acids is 2. The van der Waals surface area contributed by atoms with Crippen LogP contribution in [-0.4, -0.2) is 50.0 Å². The number of halogens is 1. The summed E-state index contributed by atoms with van der Waals surface area (Å²) < 4.78 is 40.7. The van der Waals surface area contributed by atoms with Gasteiger partial charge in [0.25, 0.3) is 0 Å². The van der Waals surface area contributed by atoms with Crippen LogP contribution < -0.4 is 9.62 Å². The monoisotopic (exact) mass is 579 g/mol. The fourth-order valence-corrected chi connectivity index (χ4v) is 6.04. The quantitative estimate of drug-likeness (QED) is 0.350. The summed E-state index contributed by atoms with van der Waals surface area (Å²) >= 11 is 0. The van der Waals surface area contributed by atoms with E-state index in [1.165, 1.54) is 17.0 Å². The minimum absolute atomic E-state index is 0.0131. The zero-order valence-corrected chi connectivity index (χ0v) is 24.7. The first-order valence-corrected chi connectivity index (χ1v) is 15.8. The second-order valence-corrected chi connectivity index (χ2v) is 12.8. The molecule has 0 heterocycles. The molecule has 1 aliphatic rings. The lowest BCUT2D eigenvalue weighted by Gasteiger charge is -2.34. The van der Waals surface area contributed by atoms with E-state index in [2.05, 4.69) is 5.32 Å². The third-order valence-electron chi connectivity index (χ3n) is 7.70. The molecule has 1 saturated carbocycles. The summed E-state index contributed by atoms with van der Waals surface area (Å²) in [5.74, 6) is -1.22. The van der Waals surface area contributed by atoms with E-state index in [4.69, 9.17) is 0 Å². The molecule has 1 atom stereocenters. The summed E-state index contributed by atoms with van der Waals surface area (Å²) in [5, 5.41) is 3.13. The normalized spacial score (nSPS) is 14.4.